The van der Waals surface area contributed by atoms with Crippen LogP contribution in [0.25, 0.3) is 0 Å². The highest BCUT2D eigenvalue weighted by molar-refractivity contribution is 7.64. The van der Waals surface area contributed by atoms with Crippen molar-refractivity contribution in [2.75, 3.05) is 46.9 Å². The minimum atomic E-state index is -2.27. The number of rotatable bonds is 17. The van der Waals surface area contributed by atoms with Gasteiger partial charge in [0.15, 0.2) is 0 Å². The zero-order valence-electron chi connectivity index (χ0n) is 21.9. The molecule has 0 aromatic rings. The molecule has 0 saturated carbocycles. The second kappa shape index (κ2) is 14.2. The maximum Gasteiger partial charge on any atom is 0.114 e. The largest absolute Gasteiger partial charge is 0.396 e. The fraction of sp³-hybridized carbons (Fsp3) is 0.864. The fourth-order valence-corrected chi connectivity index (χ4v) is 6.48. The van der Waals surface area contributed by atoms with Gasteiger partial charge in [-0.05, 0) is 20.8 Å². The number of aliphatic hydroxyl groups is 1. The van der Waals surface area contributed by atoms with Crippen LogP contribution < -0.4 is 0 Å². The monoisotopic (exact) mass is 518 g/mol. The summed E-state index contributed by atoms with van der Waals surface area (Å²) in [6.07, 6.45) is 12.0. The Balaban J connectivity index is 4.62. The van der Waals surface area contributed by atoms with Crippen molar-refractivity contribution in [3.8, 4) is 0 Å². The molecule has 0 aromatic carbocycles. The van der Waals surface area contributed by atoms with Crippen molar-refractivity contribution in [2.24, 2.45) is 17.8 Å². The Kier molecular flexibility index (Phi) is 14.5. The second-order valence-corrected chi connectivity index (χ2v) is 17.0. The Bertz CT molecular complexity index is 684. The Morgan fingerprint density at radius 1 is 0.625 bits per heavy atom. The van der Waals surface area contributed by atoms with E-state index < -0.39 is 22.0 Å². The fourth-order valence-electron chi connectivity index (χ4n) is 2.44. The molecule has 1 N–H and O–H groups in total. The van der Waals surface area contributed by atoms with Crippen LogP contribution in [0.3, 0.4) is 0 Å². The zero-order chi connectivity index (χ0) is 25.3. The predicted molar refractivity (Wildman–Crippen MR) is 145 cm³/mol. The van der Waals surface area contributed by atoms with Crippen molar-refractivity contribution in [3.63, 3.8) is 0 Å². The topological polar surface area (TPSA) is 75.6 Å². The Morgan fingerprint density at radius 2 is 0.938 bits per heavy atom. The summed E-state index contributed by atoms with van der Waals surface area (Å²) in [5.41, 5.74) is 0. The summed E-state index contributed by atoms with van der Waals surface area (Å²) in [6.45, 7) is 18.7. The first-order valence-electron chi connectivity index (χ1n) is 11.1. The molecule has 0 amide bonds. The molecule has 0 fully saturated rings. The van der Waals surface area contributed by atoms with E-state index in [1.54, 1.807) is 7.11 Å². The molecule has 0 bridgehead atoms. The molecule has 0 saturated heterocycles. The summed E-state index contributed by atoms with van der Waals surface area (Å²) in [5.74, 6) is 0.277. The number of hydrogen-bond donors (Lipinski definition) is 1. The smallest absolute Gasteiger partial charge is 0.114 e. The van der Waals surface area contributed by atoms with Crippen molar-refractivity contribution in [2.45, 2.75) is 59.9 Å². The molecule has 0 aliphatic carbocycles. The summed E-state index contributed by atoms with van der Waals surface area (Å²) in [5, 5.41) is 9.30. The van der Waals surface area contributed by atoms with Gasteiger partial charge >= 0.3 is 0 Å². The van der Waals surface area contributed by atoms with E-state index in [-0.39, 0.29) is 42.7 Å². The normalized spacial score (nSPS) is 23.7. The zero-order valence-corrected chi connectivity index (χ0v) is 24.6. The van der Waals surface area contributed by atoms with Crippen molar-refractivity contribution in [3.05, 3.63) is 0 Å². The van der Waals surface area contributed by atoms with Crippen LogP contribution in [0, 0.1) is 17.8 Å². The van der Waals surface area contributed by atoms with Gasteiger partial charge in [-0.2, -0.15) is 0 Å². The molecule has 0 aliphatic rings. The van der Waals surface area contributed by atoms with Crippen molar-refractivity contribution >= 4 is 40.9 Å². The Hall–Kier alpha value is 0.620. The first-order valence-corrected chi connectivity index (χ1v) is 17.9. The van der Waals surface area contributed by atoms with E-state index in [9.17, 15) is 5.11 Å². The van der Waals surface area contributed by atoms with Crippen LogP contribution in [-0.4, -0.2) is 89.2 Å². The first kappa shape index (κ1) is 32.6. The molecule has 32 heavy (non-hydrogen) atoms. The maximum atomic E-state index is 9.30. The van der Waals surface area contributed by atoms with Gasteiger partial charge in [-0.3, -0.25) is 0 Å². The third kappa shape index (κ3) is 13.5. The third-order valence-electron chi connectivity index (χ3n) is 5.47. The average Bonchev–Trinajstić information content (AvgIpc) is 2.68. The number of aliphatic hydroxyl groups excluding tert-OH is 1. The molecule has 0 heterocycles. The van der Waals surface area contributed by atoms with Gasteiger partial charge in [-0.1, -0.05) is 39.7 Å². The molecule has 0 spiro atoms. The van der Waals surface area contributed by atoms with Crippen LogP contribution in [-0.2, 0) is 27.1 Å². The third-order valence-corrected chi connectivity index (χ3v) is 9.97. The molecule has 0 rings (SSSR count). The molecule has 0 radical (unpaired) electrons. The van der Waals surface area contributed by atoms with Crippen LogP contribution in [0.4, 0.5) is 0 Å². The molecule has 194 valence electrons. The molecular formula is C22H49O7P3. The lowest BCUT2D eigenvalue weighted by molar-refractivity contribution is 0.0783. The van der Waals surface area contributed by atoms with Gasteiger partial charge in [0.05, 0.1) is 31.5 Å². The predicted octanol–water partition coefficient (Wildman–Crippen LogP) is 5.51. The van der Waals surface area contributed by atoms with E-state index in [2.05, 4.69) is 32.7 Å². The summed E-state index contributed by atoms with van der Waals surface area (Å²) >= 11 is 0. The van der Waals surface area contributed by atoms with E-state index in [0.29, 0.717) is 13.2 Å². The van der Waals surface area contributed by atoms with Gasteiger partial charge in [0.25, 0.3) is 0 Å². The van der Waals surface area contributed by atoms with E-state index in [1.807, 2.05) is 47.7 Å². The van der Waals surface area contributed by atoms with Crippen LogP contribution in [0.1, 0.15) is 41.5 Å². The maximum absolute atomic E-state index is 9.30. The SMILES string of the molecule is C=P(C)(OC)OC(C)C(C)COP(=C)(C)OC(C)C(C)COP(=C)(C)OC(C)C(C)CO. The van der Waals surface area contributed by atoms with Crippen LogP contribution in [0.2, 0.25) is 0 Å². The summed E-state index contributed by atoms with van der Waals surface area (Å²) in [6, 6.07) is 0. The lowest BCUT2D eigenvalue weighted by atomic mass is 10.1. The lowest BCUT2D eigenvalue weighted by Crippen LogP contribution is -2.25. The Morgan fingerprint density at radius 3 is 1.25 bits per heavy atom. The van der Waals surface area contributed by atoms with Crippen LogP contribution in [0.5, 0.6) is 0 Å². The van der Waals surface area contributed by atoms with Gasteiger partial charge < -0.3 is 32.2 Å². The molecule has 10 heteroatoms. The highest BCUT2D eigenvalue weighted by Crippen LogP contribution is 2.49. The summed E-state index contributed by atoms with van der Waals surface area (Å²) in [4.78, 5) is 0. The Labute approximate surface area is 197 Å². The summed E-state index contributed by atoms with van der Waals surface area (Å²) < 4.78 is 35.6. The molecular weight excluding hydrogens is 469 g/mol. The quantitative estimate of drug-likeness (QED) is 0.255. The highest BCUT2D eigenvalue weighted by Gasteiger charge is 2.25. The van der Waals surface area contributed by atoms with Crippen molar-refractivity contribution in [1.29, 1.82) is 0 Å². The van der Waals surface area contributed by atoms with E-state index >= 15 is 0 Å². The van der Waals surface area contributed by atoms with Gasteiger partial charge in [-0.15, -0.1) is 0 Å². The van der Waals surface area contributed by atoms with E-state index in [1.165, 1.54) is 0 Å². The van der Waals surface area contributed by atoms with Gasteiger partial charge in [0, 0.05) is 51.5 Å². The van der Waals surface area contributed by atoms with Gasteiger partial charge in [0.1, 0.15) is 22.0 Å². The molecule has 7 nitrogen and oxygen atoms in total. The lowest BCUT2D eigenvalue weighted by Gasteiger charge is -2.32. The van der Waals surface area contributed by atoms with Crippen molar-refractivity contribution in [1.82, 2.24) is 0 Å². The minimum Gasteiger partial charge on any atom is -0.396 e. The van der Waals surface area contributed by atoms with E-state index in [4.69, 9.17) is 27.1 Å². The first-order chi connectivity index (χ1) is 14.4. The minimum absolute atomic E-state index is 0.0300. The van der Waals surface area contributed by atoms with Crippen LogP contribution >= 0.6 is 22.0 Å². The highest BCUT2D eigenvalue weighted by atomic mass is 31.2. The van der Waals surface area contributed by atoms with E-state index in [0.717, 1.165) is 0 Å². The van der Waals surface area contributed by atoms with Crippen molar-refractivity contribution < 1.29 is 32.2 Å². The molecule has 9 atom stereocenters. The second-order valence-electron chi connectivity index (χ2n) is 9.36. The summed E-state index contributed by atoms with van der Waals surface area (Å²) in [7, 11) is -4.96. The number of hydrogen-bond acceptors (Lipinski definition) is 7. The van der Waals surface area contributed by atoms with Crippen LogP contribution in [0.15, 0.2) is 0 Å². The standard InChI is InChI=1S/C22H49O7P3/c1-17(14-23)20(4)28-31(10,11)25-16-19(3)22(6)29-32(12,13)26-15-18(2)21(5)27-30(8,9)24-7/h17-23H,8,10,12,14-16H2,1-7,9,11,13H3. The van der Waals surface area contributed by atoms with Gasteiger partial charge in [0.2, 0.25) is 0 Å². The molecule has 0 aromatic heterocycles. The molecule has 9 unspecified atom stereocenters. The van der Waals surface area contributed by atoms with Gasteiger partial charge in [-0.25, -0.2) is 0 Å². The average molecular weight is 519 g/mol. The molecule has 0 aliphatic heterocycles.